The van der Waals surface area contributed by atoms with Gasteiger partial charge in [-0.15, -0.1) is 11.8 Å². The largest absolute Gasteiger partial charge is 0.272 e. The van der Waals surface area contributed by atoms with Crippen molar-refractivity contribution in [2.75, 3.05) is 12.8 Å². The highest BCUT2D eigenvalue weighted by Gasteiger charge is 2.28. The van der Waals surface area contributed by atoms with E-state index < -0.39 is 22.5 Å². The summed E-state index contributed by atoms with van der Waals surface area (Å²) >= 11 is 14.2. The maximum Gasteiger partial charge on any atom is 0.255 e. The predicted octanol–water partition coefficient (Wildman–Crippen LogP) is 5.36. The molecule has 0 saturated heterocycles. The minimum absolute atomic E-state index is 0.0615. The lowest BCUT2D eigenvalue weighted by Gasteiger charge is -2.22. The molecule has 3 aromatic rings. The summed E-state index contributed by atoms with van der Waals surface area (Å²) in [5, 5.41) is 4.57. The van der Waals surface area contributed by atoms with Crippen LogP contribution in [-0.2, 0) is 21.4 Å². The summed E-state index contributed by atoms with van der Waals surface area (Å²) in [5.41, 5.74) is 4.51. The standard InChI is InChI=1S/C24H23Cl2N3O3S2/c1-17-6-12-20(13-7-17)34(31,32)29(15-21-22(25)4-3-5-23(21)26)16-24(30)28-27-14-18-8-10-19(33-2)11-9-18/h3-14H,15-16H2,1-2H3,(H,28,30)/b27-14-. The maximum atomic E-state index is 13.4. The zero-order valence-corrected chi connectivity index (χ0v) is 21.7. The van der Waals surface area contributed by atoms with Crippen LogP contribution in [0.25, 0.3) is 0 Å². The van der Waals surface area contributed by atoms with Crippen molar-refractivity contribution in [1.82, 2.24) is 9.73 Å². The van der Waals surface area contributed by atoms with Gasteiger partial charge in [0.1, 0.15) is 0 Å². The molecule has 0 radical (unpaired) electrons. The molecule has 0 aliphatic carbocycles. The lowest BCUT2D eigenvalue weighted by Crippen LogP contribution is -2.39. The fourth-order valence-corrected chi connectivity index (χ4v) is 5.30. The van der Waals surface area contributed by atoms with Gasteiger partial charge >= 0.3 is 0 Å². The zero-order valence-electron chi connectivity index (χ0n) is 18.5. The van der Waals surface area contributed by atoms with Crippen LogP contribution in [0.1, 0.15) is 16.7 Å². The third-order valence-corrected chi connectivity index (χ3v) is 8.15. The number of aryl methyl sites for hydroxylation is 1. The van der Waals surface area contributed by atoms with E-state index in [9.17, 15) is 13.2 Å². The van der Waals surface area contributed by atoms with Crippen LogP contribution in [0.3, 0.4) is 0 Å². The number of nitrogens with one attached hydrogen (secondary N) is 1. The van der Waals surface area contributed by atoms with E-state index in [4.69, 9.17) is 23.2 Å². The van der Waals surface area contributed by atoms with Crippen LogP contribution >= 0.6 is 35.0 Å². The van der Waals surface area contributed by atoms with Gasteiger partial charge in [-0.05, 0) is 55.1 Å². The predicted molar refractivity (Wildman–Crippen MR) is 139 cm³/mol. The topological polar surface area (TPSA) is 78.8 Å². The Bertz CT molecular complexity index is 1260. The van der Waals surface area contributed by atoms with Crippen LogP contribution < -0.4 is 5.43 Å². The first kappa shape index (κ1) is 26.2. The average molecular weight is 537 g/mol. The molecule has 10 heteroatoms. The molecule has 34 heavy (non-hydrogen) atoms. The molecule has 1 N–H and O–H groups in total. The molecule has 0 spiro atoms. The number of nitrogens with zero attached hydrogens (tertiary/aromatic N) is 2. The number of amides is 1. The van der Waals surface area contributed by atoms with Crippen molar-refractivity contribution in [3.63, 3.8) is 0 Å². The van der Waals surface area contributed by atoms with Crippen molar-refractivity contribution in [1.29, 1.82) is 0 Å². The maximum absolute atomic E-state index is 13.4. The minimum Gasteiger partial charge on any atom is -0.272 e. The fourth-order valence-electron chi connectivity index (χ4n) is 3.01. The fraction of sp³-hybridized carbons (Fsp3) is 0.167. The minimum atomic E-state index is -4.03. The van der Waals surface area contributed by atoms with E-state index in [1.54, 1.807) is 42.1 Å². The second-order valence-electron chi connectivity index (χ2n) is 7.35. The Hall–Kier alpha value is -2.36. The number of benzene rings is 3. The number of carbonyl (C=O) groups is 1. The molecule has 3 rings (SSSR count). The molecular weight excluding hydrogens is 513 g/mol. The molecule has 0 aliphatic rings. The number of hydrogen-bond acceptors (Lipinski definition) is 5. The smallest absolute Gasteiger partial charge is 0.255 e. The molecule has 0 fully saturated rings. The molecule has 3 aromatic carbocycles. The Kier molecular flexibility index (Phi) is 9.16. The molecule has 178 valence electrons. The number of sulfonamides is 1. The third-order valence-electron chi connectivity index (χ3n) is 4.89. The monoisotopic (exact) mass is 535 g/mol. The molecule has 0 unspecified atom stereocenters. The number of halogens is 2. The molecule has 1 amide bonds. The van der Waals surface area contributed by atoms with Crippen LogP contribution in [0.4, 0.5) is 0 Å². The molecular formula is C24H23Cl2N3O3S2. The molecule has 0 atom stereocenters. The van der Waals surface area contributed by atoms with Crippen molar-refractivity contribution >= 4 is 57.1 Å². The van der Waals surface area contributed by atoms with Crippen molar-refractivity contribution in [2.45, 2.75) is 23.3 Å². The Morgan fingerprint density at radius 2 is 1.65 bits per heavy atom. The molecule has 0 heterocycles. The highest BCUT2D eigenvalue weighted by Crippen LogP contribution is 2.28. The lowest BCUT2D eigenvalue weighted by molar-refractivity contribution is -0.121. The van der Waals surface area contributed by atoms with E-state index in [0.717, 1.165) is 20.3 Å². The van der Waals surface area contributed by atoms with Gasteiger partial charge in [-0.3, -0.25) is 4.79 Å². The van der Waals surface area contributed by atoms with Crippen molar-refractivity contribution in [3.05, 3.63) is 93.5 Å². The first-order valence-corrected chi connectivity index (χ1v) is 13.6. The molecule has 0 aromatic heterocycles. The first-order valence-electron chi connectivity index (χ1n) is 10.2. The van der Waals surface area contributed by atoms with Crippen LogP contribution in [0.5, 0.6) is 0 Å². The van der Waals surface area contributed by atoms with E-state index in [-0.39, 0.29) is 11.4 Å². The second-order valence-corrected chi connectivity index (χ2v) is 11.0. The van der Waals surface area contributed by atoms with Gasteiger partial charge in [-0.2, -0.15) is 9.41 Å². The van der Waals surface area contributed by atoms with Crippen LogP contribution in [-0.4, -0.2) is 37.6 Å². The van der Waals surface area contributed by atoms with Crippen LogP contribution in [0, 0.1) is 6.92 Å². The van der Waals surface area contributed by atoms with E-state index in [2.05, 4.69) is 10.5 Å². The average Bonchev–Trinajstić information content (AvgIpc) is 2.81. The number of hydrazone groups is 1. The quantitative estimate of drug-likeness (QED) is 0.227. The summed E-state index contributed by atoms with van der Waals surface area (Å²) in [5.74, 6) is -0.601. The first-order chi connectivity index (χ1) is 16.2. The Labute approximate surface area is 214 Å². The lowest BCUT2D eigenvalue weighted by atomic mass is 10.2. The summed E-state index contributed by atoms with van der Waals surface area (Å²) in [6.45, 7) is 1.21. The Morgan fingerprint density at radius 3 is 2.24 bits per heavy atom. The summed E-state index contributed by atoms with van der Waals surface area (Å²) in [6.07, 6.45) is 3.47. The van der Waals surface area contributed by atoms with Gasteiger partial charge < -0.3 is 0 Å². The van der Waals surface area contributed by atoms with Gasteiger partial charge in [0.15, 0.2) is 0 Å². The van der Waals surface area contributed by atoms with Crippen LogP contribution in [0.2, 0.25) is 10.0 Å². The normalized spacial score (nSPS) is 11.8. The zero-order chi connectivity index (χ0) is 24.7. The summed E-state index contributed by atoms with van der Waals surface area (Å²) in [4.78, 5) is 13.8. The molecule has 0 bridgehead atoms. The van der Waals surface area contributed by atoms with Crippen LogP contribution in [0.15, 0.2) is 81.6 Å². The van der Waals surface area contributed by atoms with Gasteiger partial charge in [-0.1, -0.05) is 59.1 Å². The van der Waals surface area contributed by atoms with Crippen molar-refractivity contribution in [2.24, 2.45) is 5.10 Å². The van der Waals surface area contributed by atoms with Gasteiger partial charge in [0.25, 0.3) is 5.91 Å². The van der Waals surface area contributed by atoms with Crippen molar-refractivity contribution in [3.8, 4) is 0 Å². The second kappa shape index (κ2) is 11.9. The molecule has 0 aliphatic heterocycles. The number of thioether (sulfide) groups is 1. The highest BCUT2D eigenvalue weighted by atomic mass is 35.5. The van der Waals surface area contributed by atoms with E-state index in [0.29, 0.717) is 15.6 Å². The van der Waals surface area contributed by atoms with Crippen molar-refractivity contribution < 1.29 is 13.2 Å². The number of carbonyl (C=O) groups excluding carboxylic acids is 1. The number of rotatable bonds is 9. The van der Waals surface area contributed by atoms with Gasteiger partial charge in [0.2, 0.25) is 10.0 Å². The molecule has 6 nitrogen and oxygen atoms in total. The third kappa shape index (κ3) is 6.84. The SMILES string of the molecule is CSc1ccc(/C=N\NC(=O)CN(Cc2c(Cl)cccc2Cl)S(=O)(=O)c2ccc(C)cc2)cc1. The number of hydrogen-bond donors (Lipinski definition) is 1. The van der Waals surface area contributed by atoms with Gasteiger partial charge in [0.05, 0.1) is 17.7 Å². The highest BCUT2D eigenvalue weighted by molar-refractivity contribution is 7.98. The van der Waals surface area contributed by atoms with Gasteiger partial charge in [0, 0.05) is 27.0 Å². The van der Waals surface area contributed by atoms with Gasteiger partial charge in [-0.25, -0.2) is 13.8 Å². The summed E-state index contributed by atoms with van der Waals surface area (Å²) in [6, 6.07) is 18.9. The Morgan fingerprint density at radius 1 is 1.03 bits per heavy atom. The summed E-state index contributed by atoms with van der Waals surface area (Å²) < 4.78 is 27.8. The molecule has 0 saturated carbocycles. The van der Waals surface area contributed by atoms with E-state index in [1.807, 2.05) is 37.4 Å². The van der Waals surface area contributed by atoms with E-state index >= 15 is 0 Å². The Balaban J connectivity index is 1.81. The summed E-state index contributed by atoms with van der Waals surface area (Å²) in [7, 11) is -4.03. The van der Waals surface area contributed by atoms with E-state index in [1.165, 1.54) is 18.3 Å².